The summed E-state index contributed by atoms with van der Waals surface area (Å²) in [5, 5.41) is 12.3. The van der Waals surface area contributed by atoms with Gasteiger partial charge in [0.1, 0.15) is 5.75 Å². The number of anilines is 1. The fourth-order valence-electron chi connectivity index (χ4n) is 3.56. The largest absolute Gasteiger partial charge is 0.495 e. The molecule has 1 atom stereocenters. The Labute approximate surface area is 154 Å². The van der Waals surface area contributed by atoms with Crippen LogP contribution in [0.25, 0.3) is 0 Å². The zero-order valence-corrected chi connectivity index (χ0v) is 15.8. The first kappa shape index (κ1) is 18.6. The van der Waals surface area contributed by atoms with Gasteiger partial charge in [0, 0.05) is 33.3 Å². The van der Waals surface area contributed by atoms with E-state index in [9.17, 15) is 0 Å². The van der Waals surface area contributed by atoms with Crippen molar-refractivity contribution in [2.45, 2.75) is 25.9 Å². The Morgan fingerprint density at radius 3 is 2.58 bits per heavy atom. The summed E-state index contributed by atoms with van der Waals surface area (Å²) in [6, 6.07) is 8.42. The Bertz CT molecular complexity index is 684. The molecule has 142 valence electrons. The van der Waals surface area contributed by atoms with Crippen molar-refractivity contribution in [1.29, 1.82) is 0 Å². The van der Waals surface area contributed by atoms with Gasteiger partial charge in [-0.3, -0.25) is 4.90 Å². The molecule has 1 aliphatic heterocycles. The van der Waals surface area contributed by atoms with Crippen LogP contribution in [0.1, 0.15) is 25.2 Å². The van der Waals surface area contributed by atoms with E-state index < -0.39 is 0 Å². The maximum atomic E-state index is 5.51. The molecule has 8 heteroatoms. The van der Waals surface area contributed by atoms with E-state index in [0.717, 1.165) is 49.9 Å². The maximum absolute atomic E-state index is 5.51. The van der Waals surface area contributed by atoms with E-state index in [4.69, 9.17) is 9.47 Å². The third-order valence-corrected chi connectivity index (χ3v) is 4.93. The highest BCUT2D eigenvalue weighted by atomic mass is 16.5. The first-order valence-corrected chi connectivity index (χ1v) is 9.15. The molecule has 2 heterocycles. The fraction of sp³-hybridized carbons (Fsp3) is 0.611. The number of benzene rings is 1. The first-order chi connectivity index (χ1) is 12.8. The monoisotopic (exact) mass is 360 g/mol. The number of nitrogens with zero attached hydrogens (tertiary/aromatic N) is 6. The van der Waals surface area contributed by atoms with E-state index in [1.165, 1.54) is 0 Å². The average molecular weight is 360 g/mol. The molecule has 0 spiro atoms. The number of hydrogen-bond donors (Lipinski definition) is 0. The lowest BCUT2D eigenvalue weighted by Crippen LogP contribution is -2.48. The molecule has 8 nitrogen and oxygen atoms in total. The SMILES string of the molecule is CC[C@H](c1nnnn1CCOC)N1CCN(c2ccccc2OC)CC1. The summed E-state index contributed by atoms with van der Waals surface area (Å²) in [4.78, 5) is 4.86. The molecule has 2 aromatic rings. The van der Waals surface area contributed by atoms with Crippen molar-refractivity contribution >= 4 is 5.69 Å². The number of aromatic nitrogens is 4. The van der Waals surface area contributed by atoms with Crippen LogP contribution in [0.15, 0.2) is 24.3 Å². The van der Waals surface area contributed by atoms with E-state index in [2.05, 4.69) is 44.4 Å². The van der Waals surface area contributed by atoms with E-state index in [-0.39, 0.29) is 6.04 Å². The van der Waals surface area contributed by atoms with Crippen LogP contribution in [0, 0.1) is 0 Å². The van der Waals surface area contributed by atoms with Gasteiger partial charge in [-0.1, -0.05) is 19.1 Å². The van der Waals surface area contributed by atoms with Gasteiger partial charge in [-0.25, -0.2) is 4.68 Å². The topological polar surface area (TPSA) is 68.5 Å². The van der Waals surface area contributed by atoms with Crippen molar-refractivity contribution in [3.63, 3.8) is 0 Å². The molecule has 1 fully saturated rings. The molecule has 1 aromatic heterocycles. The molecule has 0 aliphatic carbocycles. The van der Waals surface area contributed by atoms with Crippen molar-refractivity contribution in [1.82, 2.24) is 25.1 Å². The second kappa shape index (κ2) is 8.95. The van der Waals surface area contributed by atoms with Gasteiger partial charge < -0.3 is 14.4 Å². The number of methoxy groups -OCH3 is 2. The second-order valence-electron chi connectivity index (χ2n) is 6.37. The van der Waals surface area contributed by atoms with Crippen LogP contribution in [0.3, 0.4) is 0 Å². The molecule has 1 aromatic carbocycles. The Morgan fingerprint density at radius 2 is 1.88 bits per heavy atom. The molecule has 26 heavy (non-hydrogen) atoms. The second-order valence-corrected chi connectivity index (χ2v) is 6.37. The highest BCUT2D eigenvalue weighted by molar-refractivity contribution is 5.58. The molecule has 0 radical (unpaired) electrons. The molecular weight excluding hydrogens is 332 g/mol. The minimum atomic E-state index is 0.224. The van der Waals surface area contributed by atoms with Crippen molar-refractivity contribution in [2.24, 2.45) is 0 Å². The van der Waals surface area contributed by atoms with Crippen LogP contribution in [0.5, 0.6) is 5.75 Å². The predicted octanol–water partition coefficient (Wildman–Crippen LogP) is 1.60. The van der Waals surface area contributed by atoms with Gasteiger partial charge in [-0.2, -0.15) is 0 Å². The number of ether oxygens (including phenoxy) is 2. The molecule has 0 unspecified atom stereocenters. The maximum Gasteiger partial charge on any atom is 0.168 e. The van der Waals surface area contributed by atoms with Crippen LogP contribution in [0.2, 0.25) is 0 Å². The first-order valence-electron chi connectivity index (χ1n) is 9.15. The van der Waals surface area contributed by atoms with Crippen LogP contribution < -0.4 is 9.64 Å². The Hall–Kier alpha value is -2.19. The fourth-order valence-corrected chi connectivity index (χ4v) is 3.56. The third kappa shape index (κ3) is 3.96. The summed E-state index contributed by atoms with van der Waals surface area (Å²) >= 11 is 0. The molecule has 0 bridgehead atoms. The van der Waals surface area contributed by atoms with Crippen LogP contribution in [0.4, 0.5) is 5.69 Å². The standard InChI is InChI=1S/C18H28N6O2/c1-4-15(18-19-20-21-24(18)13-14-25-2)22-9-11-23(12-10-22)16-7-5-6-8-17(16)26-3/h5-8,15H,4,9-14H2,1-3H3/t15-/m1/s1. The molecular formula is C18H28N6O2. The van der Waals surface area contributed by atoms with Gasteiger partial charge in [-0.15, -0.1) is 5.10 Å². The summed E-state index contributed by atoms with van der Waals surface area (Å²) in [6.07, 6.45) is 0.974. The summed E-state index contributed by atoms with van der Waals surface area (Å²) in [6.45, 7) is 7.31. The highest BCUT2D eigenvalue weighted by Gasteiger charge is 2.28. The number of piperazine rings is 1. The van der Waals surface area contributed by atoms with Gasteiger partial charge in [0.2, 0.25) is 0 Å². The minimum absolute atomic E-state index is 0.224. The van der Waals surface area contributed by atoms with E-state index in [1.54, 1.807) is 14.2 Å². The van der Waals surface area contributed by atoms with Crippen LogP contribution in [-0.4, -0.2) is 72.1 Å². The van der Waals surface area contributed by atoms with Crippen molar-refractivity contribution in [2.75, 3.05) is 51.9 Å². The molecule has 3 rings (SSSR count). The summed E-state index contributed by atoms with van der Waals surface area (Å²) in [5.41, 5.74) is 1.16. The van der Waals surface area contributed by atoms with Gasteiger partial charge in [0.05, 0.1) is 32.0 Å². The molecule has 0 N–H and O–H groups in total. The zero-order valence-electron chi connectivity index (χ0n) is 15.8. The lowest BCUT2D eigenvalue weighted by molar-refractivity contribution is 0.157. The normalized spacial score (nSPS) is 16.7. The third-order valence-electron chi connectivity index (χ3n) is 4.93. The van der Waals surface area contributed by atoms with Crippen molar-refractivity contribution in [3.8, 4) is 5.75 Å². The predicted molar refractivity (Wildman–Crippen MR) is 99.5 cm³/mol. The number of para-hydroxylation sites is 2. The Balaban J connectivity index is 1.67. The Morgan fingerprint density at radius 1 is 1.12 bits per heavy atom. The lowest BCUT2D eigenvalue weighted by atomic mass is 10.1. The van der Waals surface area contributed by atoms with Gasteiger partial charge in [0.25, 0.3) is 0 Å². The molecule has 1 aliphatic rings. The molecule has 0 amide bonds. The minimum Gasteiger partial charge on any atom is -0.495 e. The van der Waals surface area contributed by atoms with Crippen molar-refractivity contribution in [3.05, 3.63) is 30.1 Å². The van der Waals surface area contributed by atoms with Gasteiger partial charge >= 0.3 is 0 Å². The molecule has 0 saturated carbocycles. The van der Waals surface area contributed by atoms with Crippen LogP contribution in [-0.2, 0) is 11.3 Å². The quantitative estimate of drug-likeness (QED) is 0.708. The van der Waals surface area contributed by atoms with Crippen LogP contribution >= 0.6 is 0 Å². The summed E-state index contributed by atoms with van der Waals surface area (Å²) < 4.78 is 12.5. The number of rotatable bonds is 8. The van der Waals surface area contributed by atoms with Gasteiger partial charge in [0.15, 0.2) is 5.82 Å². The molecule has 1 saturated heterocycles. The van der Waals surface area contributed by atoms with E-state index >= 15 is 0 Å². The van der Waals surface area contributed by atoms with Gasteiger partial charge in [-0.05, 0) is 29.0 Å². The number of hydrogen-bond acceptors (Lipinski definition) is 7. The van der Waals surface area contributed by atoms with E-state index in [1.807, 2.05) is 16.8 Å². The zero-order chi connectivity index (χ0) is 18.4. The smallest absolute Gasteiger partial charge is 0.168 e. The number of tetrazole rings is 1. The average Bonchev–Trinajstić information content (AvgIpc) is 3.15. The highest BCUT2D eigenvalue weighted by Crippen LogP contribution is 2.30. The van der Waals surface area contributed by atoms with E-state index in [0.29, 0.717) is 13.2 Å². The summed E-state index contributed by atoms with van der Waals surface area (Å²) in [5.74, 6) is 1.85. The Kier molecular flexibility index (Phi) is 6.40. The summed E-state index contributed by atoms with van der Waals surface area (Å²) in [7, 11) is 3.42. The van der Waals surface area contributed by atoms with Crippen molar-refractivity contribution < 1.29 is 9.47 Å². The lowest BCUT2D eigenvalue weighted by Gasteiger charge is -2.39.